The number of aromatic nitrogens is 2. The van der Waals surface area contributed by atoms with Crippen LogP contribution in [0.5, 0.6) is 0 Å². The van der Waals surface area contributed by atoms with Crippen LogP contribution in [0.1, 0.15) is 47.4 Å². The van der Waals surface area contributed by atoms with Crippen molar-refractivity contribution in [3.63, 3.8) is 0 Å². The number of aryl methyl sites for hydroxylation is 2. The van der Waals surface area contributed by atoms with E-state index in [1.807, 2.05) is 11.6 Å². The molecule has 0 aromatic carbocycles. The summed E-state index contributed by atoms with van der Waals surface area (Å²) >= 11 is 3.46. The molecule has 2 heterocycles. The molecule has 1 N–H and O–H groups in total. The van der Waals surface area contributed by atoms with E-state index in [1.165, 1.54) is 10.6 Å². The molecule has 98 valence electrons. The Labute approximate surface area is 116 Å². The summed E-state index contributed by atoms with van der Waals surface area (Å²) in [5, 5.41) is 7.81. The van der Waals surface area contributed by atoms with Gasteiger partial charge in [-0.25, -0.2) is 9.97 Å². The summed E-state index contributed by atoms with van der Waals surface area (Å²) in [7, 11) is 0. The number of rotatable bonds is 5. The van der Waals surface area contributed by atoms with E-state index in [9.17, 15) is 0 Å². The smallest absolute Gasteiger partial charge is 0.117 e. The monoisotopic (exact) mass is 281 g/mol. The van der Waals surface area contributed by atoms with Crippen LogP contribution in [0, 0.1) is 6.92 Å². The Balaban J connectivity index is 2.33. The van der Waals surface area contributed by atoms with Gasteiger partial charge >= 0.3 is 0 Å². The van der Waals surface area contributed by atoms with Crippen LogP contribution in [-0.2, 0) is 6.42 Å². The number of hydrogen-bond acceptors (Lipinski definition) is 5. The van der Waals surface area contributed by atoms with Crippen molar-refractivity contribution >= 4 is 22.7 Å². The minimum atomic E-state index is 0.133. The Morgan fingerprint density at radius 1 is 1.33 bits per heavy atom. The molecule has 5 heteroatoms. The van der Waals surface area contributed by atoms with Crippen molar-refractivity contribution in [2.75, 3.05) is 0 Å². The second kappa shape index (κ2) is 5.91. The van der Waals surface area contributed by atoms with Gasteiger partial charge in [-0.1, -0.05) is 6.92 Å². The lowest BCUT2D eigenvalue weighted by Gasteiger charge is -2.16. The molecule has 1 atom stereocenters. The summed E-state index contributed by atoms with van der Waals surface area (Å²) in [5.74, 6) is 0. The molecule has 0 saturated heterocycles. The molecule has 0 aliphatic rings. The fourth-order valence-corrected chi connectivity index (χ4v) is 3.71. The Hall–Kier alpha value is -0.780. The van der Waals surface area contributed by atoms with E-state index in [2.05, 4.69) is 38.0 Å². The zero-order chi connectivity index (χ0) is 13.1. The van der Waals surface area contributed by atoms with Gasteiger partial charge in [0.25, 0.3) is 0 Å². The predicted molar refractivity (Wildman–Crippen MR) is 78.5 cm³/mol. The van der Waals surface area contributed by atoms with Crippen LogP contribution in [0.4, 0.5) is 0 Å². The second-order valence-corrected chi connectivity index (χ2v) is 6.69. The highest BCUT2D eigenvalue weighted by atomic mass is 32.1. The average Bonchev–Trinajstić information content (AvgIpc) is 2.94. The first kappa shape index (κ1) is 13.6. The lowest BCUT2D eigenvalue weighted by atomic mass is 10.2. The molecule has 2 rings (SSSR count). The summed E-state index contributed by atoms with van der Waals surface area (Å²) in [6.45, 7) is 8.61. The molecule has 18 heavy (non-hydrogen) atoms. The molecular formula is C13H19N3S2. The molecule has 2 aromatic rings. The summed E-state index contributed by atoms with van der Waals surface area (Å²) in [4.78, 5) is 10.5. The molecule has 0 fully saturated rings. The van der Waals surface area contributed by atoms with E-state index < -0.39 is 0 Å². The van der Waals surface area contributed by atoms with Gasteiger partial charge in [-0.05, 0) is 27.2 Å². The van der Waals surface area contributed by atoms with Crippen molar-refractivity contribution in [3.8, 4) is 0 Å². The fraction of sp³-hybridized carbons (Fsp3) is 0.538. The minimum Gasteiger partial charge on any atom is -0.300 e. The summed E-state index contributed by atoms with van der Waals surface area (Å²) in [6.07, 6.45) is 2.85. The number of nitrogens with zero attached hydrogens (tertiary/aromatic N) is 2. The molecule has 0 radical (unpaired) electrons. The number of thiazole rings is 2. The highest BCUT2D eigenvalue weighted by Gasteiger charge is 2.21. The molecule has 0 aliphatic carbocycles. The average molecular weight is 281 g/mol. The first-order valence-corrected chi connectivity index (χ1v) is 7.93. The van der Waals surface area contributed by atoms with Crippen molar-refractivity contribution < 1.29 is 0 Å². The second-order valence-electron chi connectivity index (χ2n) is 4.53. The largest absolute Gasteiger partial charge is 0.300 e. The number of hydrogen-bond donors (Lipinski definition) is 1. The molecule has 2 aromatic heterocycles. The van der Waals surface area contributed by atoms with Crippen LogP contribution in [-0.4, -0.2) is 16.0 Å². The van der Waals surface area contributed by atoms with Gasteiger partial charge in [-0.2, -0.15) is 0 Å². The van der Waals surface area contributed by atoms with E-state index in [0.717, 1.165) is 16.4 Å². The van der Waals surface area contributed by atoms with Gasteiger partial charge < -0.3 is 5.32 Å². The van der Waals surface area contributed by atoms with Crippen LogP contribution in [0.15, 0.2) is 11.6 Å². The molecule has 0 bridgehead atoms. The Morgan fingerprint density at radius 2 is 2.11 bits per heavy atom. The SMILES string of the molecule is CCc1nc(C(NC(C)C)c2nccs2)sc1C. The summed E-state index contributed by atoms with van der Waals surface area (Å²) < 4.78 is 0. The van der Waals surface area contributed by atoms with Crippen molar-refractivity contribution in [2.24, 2.45) is 0 Å². The van der Waals surface area contributed by atoms with Gasteiger partial charge in [0.15, 0.2) is 0 Å². The van der Waals surface area contributed by atoms with Crippen molar-refractivity contribution in [3.05, 3.63) is 32.2 Å². The molecule has 0 amide bonds. The number of nitrogens with one attached hydrogen (secondary N) is 1. The van der Waals surface area contributed by atoms with Crippen LogP contribution < -0.4 is 5.32 Å². The topological polar surface area (TPSA) is 37.8 Å². The van der Waals surface area contributed by atoms with E-state index in [1.54, 1.807) is 22.7 Å². The third kappa shape index (κ3) is 2.96. The summed E-state index contributed by atoms with van der Waals surface area (Å²) in [6, 6.07) is 0.544. The Bertz CT molecular complexity index is 488. The molecule has 0 saturated carbocycles. The zero-order valence-corrected chi connectivity index (χ0v) is 12.9. The first-order valence-electron chi connectivity index (χ1n) is 6.23. The van der Waals surface area contributed by atoms with Gasteiger partial charge in [-0.3, -0.25) is 0 Å². The van der Waals surface area contributed by atoms with E-state index in [-0.39, 0.29) is 6.04 Å². The third-order valence-electron chi connectivity index (χ3n) is 2.69. The predicted octanol–water partition coefficient (Wildman–Crippen LogP) is 3.56. The molecule has 0 spiro atoms. The van der Waals surface area contributed by atoms with Gasteiger partial charge in [0, 0.05) is 22.5 Å². The maximum absolute atomic E-state index is 4.76. The molecule has 0 aliphatic heterocycles. The highest BCUT2D eigenvalue weighted by Crippen LogP contribution is 2.29. The first-order chi connectivity index (χ1) is 8.61. The van der Waals surface area contributed by atoms with Crippen molar-refractivity contribution in [1.29, 1.82) is 0 Å². The van der Waals surface area contributed by atoms with Crippen molar-refractivity contribution in [1.82, 2.24) is 15.3 Å². The molecule has 3 nitrogen and oxygen atoms in total. The highest BCUT2D eigenvalue weighted by molar-refractivity contribution is 7.12. The van der Waals surface area contributed by atoms with Crippen LogP contribution >= 0.6 is 22.7 Å². The third-order valence-corrected chi connectivity index (χ3v) is 4.61. The quantitative estimate of drug-likeness (QED) is 0.910. The Morgan fingerprint density at radius 3 is 2.61 bits per heavy atom. The normalized spacial score (nSPS) is 13.2. The van der Waals surface area contributed by atoms with Gasteiger partial charge in [-0.15, -0.1) is 22.7 Å². The van der Waals surface area contributed by atoms with Crippen LogP contribution in [0.2, 0.25) is 0 Å². The van der Waals surface area contributed by atoms with E-state index in [0.29, 0.717) is 6.04 Å². The lowest BCUT2D eigenvalue weighted by molar-refractivity contribution is 0.524. The molecule has 1 unspecified atom stereocenters. The standard InChI is InChI=1S/C13H19N3S2/c1-5-10-9(4)18-13(16-10)11(15-8(2)3)12-14-6-7-17-12/h6-8,11,15H,5H2,1-4H3. The summed E-state index contributed by atoms with van der Waals surface area (Å²) in [5.41, 5.74) is 1.21. The van der Waals surface area contributed by atoms with E-state index >= 15 is 0 Å². The maximum atomic E-state index is 4.76. The maximum Gasteiger partial charge on any atom is 0.117 e. The molecular weight excluding hydrogens is 262 g/mol. The van der Waals surface area contributed by atoms with Crippen LogP contribution in [0.3, 0.4) is 0 Å². The van der Waals surface area contributed by atoms with Gasteiger partial charge in [0.2, 0.25) is 0 Å². The zero-order valence-electron chi connectivity index (χ0n) is 11.2. The fourth-order valence-electron chi connectivity index (χ4n) is 1.86. The van der Waals surface area contributed by atoms with Gasteiger partial charge in [0.1, 0.15) is 16.1 Å². The minimum absolute atomic E-state index is 0.133. The lowest BCUT2D eigenvalue weighted by Crippen LogP contribution is -2.28. The van der Waals surface area contributed by atoms with E-state index in [4.69, 9.17) is 4.98 Å². The van der Waals surface area contributed by atoms with Crippen LogP contribution in [0.25, 0.3) is 0 Å². The Kier molecular flexibility index (Phi) is 4.48. The van der Waals surface area contributed by atoms with Crippen molar-refractivity contribution in [2.45, 2.75) is 46.2 Å². The van der Waals surface area contributed by atoms with Gasteiger partial charge in [0.05, 0.1) is 5.69 Å².